The summed E-state index contributed by atoms with van der Waals surface area (Å²) in [6.45, 7) is 2.09. The maximum Gasteiger partial charge on any atom is 0.240 e. The normalized spacial score (nSPS) is 12.1. The molecular weight excluding hydrogens is 233 g/mol. The van der Waals surface area contributed by atoms with Crippen LogP contribution < -0.4 is 5.32 Å². The number of amides is 1. The lowest BCUT2D eigenvalue weighted by molar-refractivity contribution is -0.122. The maximum absolute atomic E-state index is 12.8. The number of carbonyl (C=O) groups excluding carboxylic acids is 1. The number of imidazole rings is 1. The second-order valence-electron chi connectivity index (χ2n) is 4.08. The molecule has 0 saturated heterocycles. The summed E-state index contributed by atoms with van der Waals surface area (Å²) >= 11 is 0. The van der Waals surface area contributed by atoms with Crippen molar-refractivity contribution in [1.29, 1.82) is 0 Å². The number of nitrogens with zero attached hydrogens (tertiary/aromatic N) is 2. The highest BCUT2D eigenvalue weighted by molar-refractivity contribution is 5.76. The summed E-state index contributed by atoms with van der Waals surface area (Å²) in [5.41, 5.74) is 0.871. The van der Waals surface area contributed by atoms with Crippen LogP contribution in [0.25, 0.3) is 0 Å². The summed E-state index contributed by atoms with van der Waals surface area (Å²) in [6, 6.07) is 5.94. The van der Waals surface area contributed by atoms with Crippen molar-refractivity contribution in [2.75, 3.05) is 0 Å². The van der Waals surface area contributed by atoms with E-state index in [1.807, 2.05) is 6.92 Å². The molecule has 0 radical (unpaired) electrons. The number of aromatic nitrogens is 2. The van der Waals surface area contributed by atoms with Crippen LogP contribution in [0.5, 0.6) is 0 Å². The summed E-state index contributed by atoms with van der Waals surface area (Å²) in [5.74, 6) is -0.388. The van der Waals surface area contributed by atoms with Gasteiger partial charge in [0.15, 0.2) is 0 Å². The molecule has 0 fully saturated rings. The van der Waals surface area contributed by atoms with E-state index in [0.717, 1.165) is 5.56 Å². The van der Waals surface area contributed by atoms with Gasteiger partial charge < -0.3 is 9.88 Å². The smallest absolute Gasteiger partial charge is 0.240 e. The van der Waals surface area contributed by atoms with Crippen LogP contribution in [0.2, 0.25) is 0 Å². The molecule has 1 atom stereocenters. The van der Waals surface area contributed by atoms with E-state index in [4.69, 9.17) is 0 Å². The predicted molar refractivity (Wildman–Crippen MR) is 65.2 cm³/mol. The second-order valence-corrected chi connectivity index (χ2v) is 4.08. The van der Waals surface area contributed by atoms with Gasteiger partial charge in [-0.05, 0) is 24.6 Å². The number of nitrogens with one attached hydrogen (secondary N) is 1. The minimum Gasteiger partial charge on any atom is -0.348 e. The molecule has 0 saturated carbocycles. The summed E-state index contributed by atoms with van der Waals surface area (Å²) in [6.07, 6.45) is 4.93. The first kappa shape index (κ1) is 12.3. The quantitative estimate of drug-likeness (QED) is 0.897. The third-order valence-corrected chi connectivity index (χ3v) is 2.63. The first-order valence-corrected chi connectivity index (χ1v) is 5.66. The zero-order valence-corrected chi connectivity index (χ0v) is 10.0. The Morgan fingerprint density at radius 1 is 1.44 bits per heavy atom. The molecule has 1 heterocycles. The number of halogens is 1. The van der Waals surface area contributed by atoms with Gasteiger partial charge in [0.1, 0.15) is 12.4 Å². The molecule has 1 amide bonds. The van der Waals surface area contributed by atoms with Crippen molar-refractivity contribution in [3.05, 3.63) is 54.4 Å². The monoisotopic (exact) mass is 247 g/mol. The summed E-state index contributed by atoms with van der Waals surface area (Å²) < 4.78 is 14.5. The van der Waals surface area contributed by atoms with E-state index >= 15 is 0 Å². The van der Waals surface area contributed by atoms with Crippen LogP contribution >= 0.6 is 0 Å². The molecule has 1 N–H and O–H groups in total. The van der Waals surface area contributed by atoms with E-state index in [-0.39, 0.29) is 24.3 Å². The van der Waals surface area contributed by atoms with Crippen molar-refractivity contribution >= 4 is 5.91 Å². The Morgan fingerprint density at radius 3 is 2.78 bits per heavy atom. The average molecular weight is 247 g/mol. The molecule has 94 valence electrons. The number of benzene rings is 1. The van der Waals surface area contributed by atoms with Gasteiger partial charge in [0.2, 0.25) is 5.91 Å². The minimum atomic E-state index is -0.282. The standard InChI is InChI=1S/C13H14FN3O/c1-10(11-2-4-12(14)5-3-11)16-13(18)8-17-7-6-15-9-17/h2-7,9-10H,8H2,1H3,(H,16,18). The van der Waals surface area contributed by atoms with Gasteiger partial charge in [-0.25, -0.2) is 9.37 Å². The summed E-state index contributed by atoms with van der Waals surface area (Å²) in [4.78, 5) is 15.6. The van der Waals surface area contributed by atoms with Gasteiger partial charge in [-0.2, -0.15) is 0 Å². The first-order chi connectivity index (χ1) is 8.65. The van der Waals surface area contributed by atoms with Gasteiger partial charge >= 0.3 is 0 Å². The van der Waals surface area contributed by atoms with Gasteiger partial charge in [0, 0.05) is 12.4 Å². The molecule has 1 unspecified atom stereocenters. The van der Waals surface area contributed by atoms with Crippen molar-refractivity contribution in [3.8, 4) is 0 Å². The van der Waals surface area contributed by atoms with E-state index in [1.165, 1.54) is 12.1 Å². The number of rotatable bonds is 4. The van der Waals surface area contributed by atoms with Gasteiger partial charge in [-0.1, -0.05) is 12.1 Å². The Morgan fingerprint density at radius 2 is 2.17 bits per heavy atom. The maximum atomic E-state index is 12.8. The highest BCUT2D eigenvalue weighted by atomic mass is 19.1. The zero-order chi connectivity index (χ0) is 13.0. The lowest BCUT2D eigenvalue weighted by Gasteiger charge is -2.14. The van der Waals surface area contributed by atoms with E-state index in [2.05, 4.69) is 10.3 Å². The van der Waals surface area contributed by atoms with Crippen LogP contribution in [-0.4, -0.2) is 15.5 Å². The van der Waals surface area contributed by atoms with Crippen molar-refractivity contribution in [2.45, 2.75) is 19.5 Å². The minimum absolute atomic E-state index is 0.107. The highest BCUT2D eigenvalue weighted by Crippen LogP contribution is 2.12. The predicted octanol–water partition coefficient (Wildman–Crippen LogP) is 1.90. The third kappa shape index (κ3) is 3.16. The highest BCUT2D eigenvalue weighted by Gasteiger charge is 2.09. The Bertz CT molecular complexity index is 508. The molecule has 0 aliphatic carbocycles. The van der Waals surface area contributed by atoms with E-state index in [1.54, 1.807) is 35.4 Å². The Hall–Kier alpha value is -2.17. The molecule has 1 aromatic carbocycles. The molecule has 0 bridgehead atoms. The fourth-order valence-corrected chi connectivity index (χ4v) is 1.67. The molecule has 0 spiro atoms. The molecule has 5 heteroatoms. The Balaban J connectivity index is 1.92. The van der Waals surface area contributed by atoms with Crippen LogP contribution in [0, 0.1) is 5.82 Å². The second kappa shape index (κ2) is 5.44. The first-order valence-electron chi connectivity index (χ1n) is 5.66. The van der Waals surface area contributed by atoms with Crippen molar-refractivity contribution in [3.63, 3.8) is 0 Å². The van der Waals surface area contributed by atoms with Crippen LogP contribution in [0.3, 0.4) is 0 Å². The molecule has 0 aliphatic heterocycles. The van der Waals surface area contributed by atoms with Crippen LogP contribution in [-0.2, 0) is 11.3 Å². The fraction of sp³-hybridized carbons (Fsp3) is 0.231. The topological polar surface area (TPSA) is 46.9 Å². The van der Waals surface area contributed by atoms with Gasteiger partial charge in [-0.15, -0.1) is 0 Å². The number of hydrogen-bond acceptors (Lipinski definition) is 2. The lowest BCUT2D eigenvalue weighted by atomic mass is 10.1. The van der Waals surface area contributed by atoms with Crippen LogP contribution in [0.4, 0.5) is 4.39 Å². The largest absolute Gasteiger partial charge is 0.348 e. The van der Waals surface area contributed by atoms with Gasteiger partial charge in [-0.3, -0.25) is 4.79 Å². The van der Waals surface area contributed by atoms with Gasteiger partial charge in [0.05, 0.1) is 12.4 Å². The average Bonchev–Trinajstić information content (AvgIpc) is 2.82. The molecule has 4 nitrogen and oxygen atoms in total. The molecule has 1 aromatic heterocycles. The molecule has 2 aromatic rings. The Kier molecular flexibility index (Phi) is 3.72. The molecule has 0 aliphatic rings. The summed E-state index contributed by atoms with van der Waals surface area (Å²) in [5, 5.41) is 2.84. The summed E-state index contributed by atoms with van der Waals surface area (Å²) in [7, 11) is 0. The van der Waals surface area contributed by atoms with Crippen molar-refractivity contribution < 1.29 is 9.18 Å². The van der Waals surface area contributed by atoms with E-state index in [0.29, 0.717) is 0 Å². The van der Waals surface area contributed by atoms with E-state index in [9.17, 15) is 9.18 Å². The SMILES string of the molecule is CC(NC(=O)Cn1ccnc1)c1ccc(F)cc1. The molecule has 18 heavy (non-hydrogen) atoms. The van der Waals surface area contributed by atoms with Crippen molar-refractivity contribution in [1.82, 2.24) is 14.9 Å². The van der Waals surface area contributed by atoms with E-state index < -0.39 is 0 Å². The van der Waals surface area contributed by atoms with Crippen LogP contribution in [0.15, 0.2) is 43.0 Å². The third-order valence-electron chi connectivity index (χ3n) is 2.63. The van der Waals surface area contributed by atoms with Crippen molar-refractivity contribution in [2.24, 2.45) is 0 Å². The Labute approximate surface area is 104 Å². The lowest BCUT2D eigenvalue weighted by Crippen LogP contribution is -2.29. The number of carbonyl (C=O) groups is 1. The molecule has 2 rings (SSSR count). The molecular formula is C13H14FN3O. The zero-order valence-electron chi connectivity index (χ0n) is 10.0. The number of hydrogen-bond donors (Lipinski definition) is 1. The fourth-order valence-electron chi connectivity index (χ4n) is 1.67. The van der Waals surface area contributed by atoms with Gasteiger partial charge in [0.25, 0.3) is 0 Å². The van der Waals surface area contributed by atoms with Crippen LogP contribution in [0.1, 0.15) is 18.5 Å².